The van der Waals surface area contributed by atoms with Crippen LogP contribution in [-0.4, -0.2) is 8.42 Å². The van der Waals surface area contributed by atoms with Gasteiger partial charge in [-0.3, -0.25) is 0 Å². The Bertz CT molecular complexity index is 994. The van der Waals surface area contributed by atoms with Crippen LogP contribution in [0, 0.1) is 6.92 Å². The third-order valence-electron chi connectivity index (χ3n) is 3.19. The van der Waals surface area contributed by atoms with Crippen molar-refractivity contribution in [2.75, 3.05) is 0 Å². The molecule has 0 aliphatic rings. The Balaban J connectivity index is 0.000000140. The summed E-state index contributed by atoms with van der Waals surface area (Å²) in [6, 6.07) is 18.4. The van der Waals surface area contributed by atoms with E-state index in [0.717, 1.165) is 16.7 Å². The quantitative estimate of drug-likeness (QED) is 0.449. The van der Waals surface area contributed by atoms with E-state index in [2.05, 4.69) is 0 Å². The van der Waals surface area contributed by atoms with Gasteiger partial charge in [-0.25, -0.2) is 8.42 Å². The van der Waals surface area contributed by atoms with E-state index in [4.69, 9.17) is 19.5 Å². The van der Waals surface area contributed by atoms with Gasteiger partial charge >= 0.3 is 0 Å². The molecule has 4 rings (SSSR count). The van der Waals surface area contributed by atoms with E-state index in [1.54, 1.807) is 24.3 Å². The summed E-state index contributed by atoms with van der Waals surface area (Å²) in [6.07, 6.45) is 0. The molecule has 2 heterocycles. The van der Waals surface area contributed by atoms with E-state index >= 15 is 0 Å². The maximum absolute atomic E-state index is 10.9. The Kier molecular flexibility index (Phi) is 4.15. The number of rotatable bonds is 1. The molecule has 0 aliphatic heterocycles. The van der Waals surface area contributed by atoms with E-state index in [-0.39, 0.29) is 5.09 Å². The lowest BCUT2D eigenvalue weighted by molar-refractivity contribution is 0.488. The summed E-state index contributed by atoms with van der Waals surface area (Å²) >= 11 is 0. The summed E-state index contributed by atoms with van der Waals surface area (Å²) in [4.78, 5) is 0. The lowest BCUT2D eigenvalue weighted by Gasteiger charge is -1.85. The van der Waals surface area contributed by atoms with Crippen molar-refractivity contribution in [3.63, 3.8) is 0 Å². The molecule has 0 bridgehead atoms. The Morgan fingerprint density at radius 3 is 1.87 bits per heavy atom. The first-order valence-electron chi connectivity index (χ1n) is 6.82. The maximum atomic E-state index is 10.9. The molecule has 0 unspecified atom stereocenters. The molecule has 0 N–H and O–H groups in total. The fourth-order valence-electron chi connectivity index (χ4n) is 2.19. The van der Waals surface area contributed by atoms with Crippen molar-refractivity contribution in [3.05, 3.63) is 66.4 Å². The molecule has 0 saturated carbocycles. The Morgan fingerprint density at radius 1 is 0.826 bits per heavy atom. The van der Waals surface area contributed by atoms with E-state index in [1.165, 1.54) is 11.5 Å². The van der Waals surface area contributed by atoms with E-state index in [0.29, 0.717) is 5.58 Å². The normalized spacial score (nSPS) is 11.4. The minimum atomic E-state index is -3.76. The van der Waals surface area contributed by atoms with Gasteiger partial charge in [0.2, 0.25) is 5.09 Å². The standard InChI is InChI=1S/C9H8O.C8H5ClO3S/c1-7-6-8-4-2-3-5-9(8)10-7;9-13(10,11)8-5-6-3-1-2-4-7(6)12-8/h2-6H,1H3;1-5H. The molecular formula is C17H13ClO4S. The van der Waals surface area contributed by atoms with Gasteiger partial charge in [0.15, 0.2) is 0 Å². The van der Waals surface area contributed by atoms with Crippen LogP contribution < -0.4 is 0 Å². The highest BCUT2D eigenvalue weighted by Gasteiger charge is 2.15. The molecule has 0 fully saturated rings. The van der Waals surface area contributed by atoms with Gasteiger partial charge in [-0.15, -0.1) is 0 Å². The van der Waals surface area contributed by atoms with E-state index in [1.807, 2.05) is 37.3 Å². The number of fused-ring (bicyclic) bond motifs is 2. The number of para-hydroxylation sites is 2. The van der Waals surface area contributed by atoms with Crippen LogP contribution in [0.3, 0.4) is 0 Å². The molecule has 23 heavy (non-hydrogen) atoms. The van der Waals surface area contributed by atoms with Crippen LogP contribution in [-0.2, 0) is 9.05 Å². The van der Waals surface area contributed by atoms with Crippen LogP contribution in [0.2, 0.25) is 0 Å². The second-order valence-corrected chi connectivity index (χ2v) is 7.43. The Labute approximate surface area is 137 Å². The molecule has 0 saturated heterocycles. The molecular weight excluding hydrogens is 336 g/mol. The van der Waals surface area contributed by atoms with Crippen LogP contribution in [0.1, 0.15) is 5.76 Å². The number of aryl methyl sites for hydroxylation is 1. The molecule has 0 spiro atoms. The molecule has 6 heteroatoms. The molecule has 0 radical (unpaired) electrons. The monoisotopic (exact) mass is 348 g/mol. The summed E-state index contributed by atoms with van der Waals surface area (Å²) in [5.41, 5.74) is 1.49. The minimum Gasteiger partial charge on any atom is -0.461 e. The van der Waals surface area contributed by atoms with Gasteiger partial charge < -0.3 is 8.83 Å². The zero-order valence-corrected chi connectivity index (χ0v) is 13.8. The van der Waals surface area contributed by atoms with Crippen LogP contribution in [0.25, 0.3) is 21.9 Å². The van der Waals surface area contributed by atoms with E-state index < -0.39 is 9.05 Å². The number of halogens is 1. The summed E-state index contributed by atoms with van der Waals surface area (Å²) in [5.74, 6) is 0.973. The Hall–Kier alpha value is -2.24. The second kappa shape index (κ2) is 6.10. The minimum absolute atomic E-state index is 0.213. The number of furan rings is 2. The van der Waals surface area contributed by atoms with Crippen molar-refractivity contribution in [1.29, 1.82) is 0 Å². The number of benzene rings is 2. The zero-order chi connectivity index (χ0) is 16.4. The van der Waals surface area contributed by atoms with Crippen molar-refractivity contribution < 1.29 is 17.3 Å². The van der Waals surface area contributed by atoms with Crippen LogP contribution in [0.5, 0.6) is 0 Å². The van der Waals surface area contributed by atoms with Crippen molar-refractivity contribution in [2.24, 2.45) is 0 Å². The third-order valence-corrected chi connectivity index (χ3v) is 4.33. The molecule has 0 atom stereocenters. The van der Waals surface area contributed by atoms with Gasteiger partial charge in [-0.2, -0.15) is 0 Å². The third kappa shape index (κ3) is 3.57. The molecule has 0 aliphatic carbocycles. The second-order valence-electron chi connectivity index (χ2n) is 4.94. The average molecular weight is 349 g/mol. The predicted octanol–water partition coefficient (Wildman–Crippen LogP) is 5.10. The zero-order valence-electron chi connectivity index (χ0n) is 12.2. The fraction of sp³-hybridized carbons (Fsp3) is 0.0588. The first-order chi connectivity index (χ1) is 10.9. The van der Waals surface area contributed by atoms with Crippen molar-refractivity contribution in [2.45, 2.75) is 12.0 Å². The highest BCUT2D eigenvalue weighted by molar-refractivity contribution is 8.13. The molecule has 118 valence electrons. The van der Waals surface area contributed by atoms with Gasteiger partial charge in [0.05, 0.1) is 0 Å². The summed E-state index contributed by atoms with van der Waals surface area (Å²) < 4.78 is 32.1. The van der Waals surface area contributed by atoms with Gasteiger partial charge in [-0.05, 0) is 25.1 Å². The van der Waals surface area contributed by atoms with Crippen molar-refractivity contribution in [3.8, 4) is 0 Å². The van der Waals surface area contributed by atoms with Crippen molar-refractivity contribution in [1.82, 2.24) is 0 Å². The van der Waals surface area contributed by atoms with Gasteiger partial charge in [-0.1, -0.05) is 36.4 Å². The molecule has 2 aromatic heterocycles. The smallest absolute Gasteiger partial charge is 0.294 e. The summed E-state index contributed by atoms with van der Waals surface area (Å²) in [5, 5.41) is 1.69. The fourth-order valence-corrected chi connectivity index (χ4v) is 2.88. The van der Waals surface area contributed by atoms with Crippen molar-refractivity contribution >= 4 is 41.7 Å². The van der Waals surface area contributed by atoms with Crippen LogP contribution in [0.4, 0.5) is 0 Å². The number of hydrogen-bond donors (Lipinski definition) is 0. The summed E-state index contributed by atoms with van der Waals surface area (Å²) in [6.45, 7) is 1.96. The molecule has 4 aromatic rings. The maximum Gasteiger partial charge on any atom is 0.294 e. The average Bonchev–Trinajstić information content (AvgIpc) is 3.09. The van der Waals surface area contributed by atoms with E-state index in [9.17, 15) is 8.42 Å². The van der Waals surface area contributed by atoms with Gasteiger partial charge in [0.25, 0.3) is 9.05 Å². The predicted molar refractivity (Wildman–Crippen MR) is 90.2 cm³/mol. The lowest BCUT2D eigenvalue weighted by Crippen LogP contribution is -1.84. The van der Waals surface area contributed by atoms with Crippen LogP contribution in [0.15, 0.2) is 74.6 Å². The highest BCUT2D eigenvalue weighted by Crippen LogP contribution is 2.24. The molecule has 0 amide bonds. The first kappa shape index (κ1) is 15.6. The summed E-state index contributed by atoms with van der Waals surface area (Å²) in [7, 11) is 1.35. The molecule has 2 aromatic carbocycles. The topological polar surface area (TPSA) is 60.4 Å². The Morgan fingerprint density at radius 2 is 1.35 bits per heavy atom. The largest absolute Gasteiger partial charge is 0.461 e. The molecule has 4 nitrogen and oxygen atoms in total. The first-order valence-corrected chi connectivity index (χ1v) is 9.13. The highest BCUT2D eigenvalue weighted by atomic mass is 35.7. The SMILES string of the molecule is Cc1cc2ccccc2o1.O=S(=O)(Cl)c1cc2ccccc2o1. The lowest BCUT2D eigenvalue weighted by atomic mass is 10.2. The van der Waals surface area contributed by atoms with Gasteiger partial charge in [0.1, 0.15) is 16.9 Å². The number of hydrogen-bond acceptors (Lipinski definition) is 4. The van der Waals surface area contributed by atoms with Gasteiger partial charge in [0, 0.05) is 27.5 Å². The van der Waals surface area contributed by atoms with Crippen LogP contribution >= 0.6 is 10.7 Å².